The molecule has 4 rings (SSSR count). The van der Waals surface area contributed by atoms with Gasteiger partial charge in [0.15, 0.2) is 5.58 Å². The number of aromatic nitrogens is 5. The fourth-order valence-electron chi connectivity index (χ4n) is 2.01. The molecule has 102 valence electrons. The molecule has 2 N–H and O–H groups in total. The van der Waals surface area contributed by atoms with Crippen molar-refractivity contribution in [1.29, 1.82) is 0 Å². The van der Waals surface area contributed by atoms with E-state index in [2.05, 4.69) is 20.5 Å². The van der Waals surface area contributed by atoms with E-state index in [1.807, 2.05) is 16.8 Å². The molecule has 1 saturated carbocycles. The van der Waals surface area contributed by atoms with Crippen LogP contribution >= 0.6 is 11.8 Å². The number of thioether (sulfide) groups is 1. The molecule has 1 fully saturated rings. The summed E-state index contributed by atoms with van der Waals surface area (Å²) in [4.78, 5) is 4.42. The average Bonchev–Trinajstić information content (AvgIpc) is 3.03. The average molecular weight is 288 g/mol. The first kappa shape index (κ1) is 11.7. The molecule has 1 aromatic carbocycles. The van der Waals surface area contributed by atoms with Crippen molar-refractivity contribution in [2.75, 3.05) is 5.73 Å². The zero-order chi connectivity index (χ0) is 13.5. The Balaban J connectivity index is 1.53. The number of nitrogens with zero attached hydrogens (tertiary/aromatic N) is 5. The molecule has 0 amide bonds. The lowest BCUT2D eigenvalue weighted by Crippen LogP contribution is -1.98. The van der Waals surface area contributed by atoms with Gasteiger partial charge in [0.2, 0.25) is 11.0 Å². The van der Waals surface area contributed by atoms with Gasteiger partial charge in [-0.15, -0.1) is 5.10 Å². The van der Waals surface area contributed by atoms with Crippen LogP contribution in [0.25, 0.3) is 11.1 Å². The summed E-state index contributed by atoms with van der Waals surface area (Å²) >= 11 is 1.53. The number of hydrogen-bond acceptors (Lipinski definition) is 7. The number of hydrogen-bond donors (Lipinski definition) is 1. The van der Waals surface area contributed by atoms with Crippen LogP contribution in [0.15, 0.2) is 27.8 Å². The first-order valence-electron chi connectivity index (χ1n) is 6.35. The van der Waals surface area contributed by atoms with E-state index < -0.39 is 0 Å². The third kappa shape index (κ3) is 2.11. The van der Waals surface area contributed by atoms with Crippen LogP contribution in [0.3, 0.4) is 0 Å². The van der Waals surface area contributed by atoms with Crippen LogP contribution in [0, 0.1) is 0 Å². The van der Waals surface area contributed by atoms with Crippen LogP contribution in [-0.4, -0.2) is 25.2 Å². The highest BCUT2D eigenvalue weighted by molar-refractivity contribution is 7.98. The molecular formula is C12H12N6OS. The number of rotatable bonds is 4. The summed E-state index contributed by atoms with van der Waals surface area (Å²) in [7, 11) is 0. The van der Waals surface area contributed by atoms with Crippen molar-refractivity contribution in [3.8, 4) is 0 Å². The Morgan fingerprint density at radius 2 is 2.30 bits per heavy atom. The summed E-state index contributed by atoms with van der Waals surface area (Å²) < 4.78 is 7.55. The van der Waals surface area contributed by atoms with Gasteiger partial charge >= 0.3 is 0 Å². The third-order valence-electron chi connectivity index (χ3n) is 3.14. The molecule has 20 heavy (non-hydrogen) atoms. The molecular weight excluding hydrogens is 276 g/mol. The van der Waals surface area contributed by atoms with Crippen LogP contribution in [0.4, 0.5) is 5.69 Å². The van der Waals surface area contributed by atoms with Gasteiger partial charge in [-0.25, -0.2) is 9.67 Å². The lowest BCUT2D eigenvalue weighted by atomic mass is 10.3. The van der Waals surface area contributed by atoms with Crippen LogP contribution in [0.2, 0.25) is 0 Å². The van der Waals surface area contributed by atoms with E-state index in [0.717, 1.165) is 23.5 Å². The van der Waals surface area contributed by atoms with Crippen molar-refractivity contribution in [1.82, 2.24) is 25.2 Å². The lowest BCUT2D eigenvalue weighted by molar-refractivity contribution is 0.551. The van der Waals surface area contributed by atoms with Crippen molar-refractivity contribution in [2.45, 2.75) is 29.8 Å². The third-order valence-corrected chi connectivity index (χ3v) is 4.06. The van der Waals surface area contributed by atoms with E-state index >= 15 is 0 Å². The predicted molar refractivity (Wildman–Crippen MR) is 74.1 cm³/mol. The normalized spacial score (nSPS) is 15.0. The van der Waals surface area contributed by atoms with Gasteiger partial charge < -0.3 is 10.2 Å². The Labute approximate surface area is 118 Å². The van der Waals surface area contributed by atoms with Gasteiger partial charge in [0, 0.05) is 11.8 Å². The van der Waals surface area contributed by atoms with Gasteiger partial charge in [-0.1, -0.05) is 11.8 Å². The fraction of sp³-hybridized carbons (Fsp3) is 0.333. The number of anilines is 1. The molecule has 2 aromatic heterocycles. The maximum Gasteiger partial charge on any atom is 0.210 e. The summed E-state index contributed by atoms with van der Waals surface area (Å²) in [5, 5.41) is 12.6. The van der Waals surface area contributed by atoms with Crippen LogP contribution in [-0.2, 0) is 5.75 Å². The standard InChI is InChI=1S/C12H12N6OS/c13-7-1-4-9-10(5-7)19-11(14-9)6-20-12-15-16-17-18(12)8-2-3-8/h1,4-5,8H,2-3,6,13H2. The van der Waals surface area contributed by atoms with Crippen molar-refractivity contribution in [3.05, 3.63) is 24.1 Å². The molecule has 2 heterocycles. The molecule has 8 heteroatoms. The molecule has 0 saturated heterocycles. The quantitative estimate of drug-likeness (QED) is 0.579. The first-order chi connectivity index (χ1) is 9.79. The molecule has 1 aliphatic rings. The predicted octanol–water partition coefficient (Wildman–Crippen LogP) is 2.02. The Morgan fingerprint density at radius 3 is 3.15 bits per heavy atom. The van der Waals surface area contributed by atoms with Gasteiger partial charge in [-0.2, -0.15) is 0 Å². The Kier molecular flexibility index (Phi) is 2.62. The second kappa shape index (κ2) is 4.48. The molecule has 1 aliphatic carbocycles. The zero-order valence-corrected chi connectivity index (χ0v) is 11.4. The molecule has 0 radical (unpaired) electrons. The second-order valence-electron chi connectivity index (χ2n) is 4.76. The summed E-state index contributed by atoms with van der Waals surface area (Å²) in [5.74, 6) is 1.25. The Bertz CT molecular complexity index is 762. The highest BCUT2D eigenvalue weighted by Crippen LogP contribution is 2.37. The maximum absolute atomic E-state index is 5.72. The van der Waals surface area contributed by atoms with Gasteiger partial charge in [0.25, 0.3) is 0 Å². The van der Waals surface area contributed by atoms with Crippen LogP contribution < -0.4 is 5.73 Å². The highest BCUT2D eigenvalue weighted by atomic mass is 32.2. The van der Waals surface area contributed by atoms with Crippen molar-refractivity contribution in [3.63, 3.8) is 0 Å². The molecule has 0 bridgehead atoms. The molecule has 3 aromatic rings. The molecule has 0 aliphatic heterocycles. The smallest absolute Gasteiger partial charge is 0.210 e. The Hall–Kier alpha value is -2.09. The van der Waals surface area contributed by atoms with Crippen LogP contribution in [0.1, 0.15) is 24.8 Å². The van der Waals surface area contributed by atoms with E-state index in [0.29, 0.717) is 29.0 Å². The molecule has 0 atom stereocenters. The number of oxazole rings is 1. The number of fused-ring (bicyclic) bond motifs is 1. The molecule has 0 spiro atoms. The summed E-state index contributed by atoms with van der Waals surface area (Å²) in [6.07, 6.45) is 2.31. The molecule has 0 unspecified atom stereocenters. The van der Waals surface area contributed by atoms with Crippen molar-refractivity contribution < 1.29 is 4.42 Å². The molecule has 7 nitrogen and oxygen atoms in total. The summed E-state index contributed by atoms with van der Waals surface area (Å²) in [6.45, 7) is 0. The van der Waals surface area contributed by atoms with E-state index in [9.17, 15) is 0 Å². The number of nitrogens with two attached hydrogens (primary N) is 1. The number of nitrogen functional groups attached to an aromatic ring is 1. The van der Waals surface area contributed by atoms with Crippen molar-refractivity contribution >= 4 is 28.5 Å². The summed E-state index contributed by atoms with van der Waals surface area (Å²) in [5.41, 5.74) is 7.92. The second-order valence-corrected chi connectivity index (χ2v) is 5.70. The minimum absolute atomic E-state index is 0.468. The monoisotopic (exact) mass is 288 g/mol. The highest BCUT2D eigenvalue weighted by Gasteiger charge is 2.28. The minimum atomic E-state index is 0.468. The number of benzene rings is 1. The Morgan fingerprint density at radius 1 is 1.40 bits per heavy atom. The van der Waals surface area contributed by atoms with E-state index in [-0.39, 0.29) is 0 Å². The van der Waals surface area contributed by atoms with Crippen molar-refractivity contribution in [2.24, 2.45) is 0 Å². The lowest BCUT2D eigenvalue weighted by Gasteiger charge is -1.99. The fourth-order valence-corrected chi connectivity index (χ4v) is 2.79. The van der Waals surface area contributed by atoms with E-state index in [4.69, 9.17) is 10.2 Å². The van der Waals surface area contributed by atoms with Gasteiger partial charge in [0.1, 0.15) is 5.52 Å². The largest absolute Gasteiger partial charge is 0.440 e. The first-order valence-corrected chi connectivity index (χ1v) is 7.34. The van der Waals surface area contributed by atoms with Gasteiger partial charge in [-0.3, -0.25) is 0 Å². The number of tetrazole rings is 1. The summed E-state index contributed by atoms with van der Waals surface area (Å²) in [6, 6.07) is 5.92. The van der Waals surface area contributed by atoms with Gasteiger partial charge in [-0.05, 0) is 35.4 Å². The van der Waals surface area contributed by atoms with Gasteiger partial charge in [0.05, 0.1) is 11.8 Å². The SMILES string of the molecule is Nc1ccc2nc(CSc3nnnn3C3CC3)oc2c1. The van der Waals surface area contributed by atoms with E-state index in [1.165, 1.54) is 11.8 Å². The topological polar surface area (TPSA) is 95.6 Å². The zero-order valence-electron chi connectivity index (χ0n) is 10.6. The minimum Gasteiger partial charge on any atom is -0.440 e. The van der Waals surface area contributed by atoms with E-state index in [1.54, 1.807) is 6.07 Å². The maximum atomic E-state index is 5.72. The van der Waals surface area contributed by atoms with Crippen LogP contribution in [0.5, 0.6) is 0 Å².